The Morgan fingerprint density at radius 2 is 1.91 bits per heavy atom. The molecule has 10 nitrogen and oxygen atoms in total. The molecular formula is C21H20ClN7O3. The number of ether oxygens (including phenoxy) is 1. The molecule has 11 heteroatoms. The summed E-state index contributed by atoms with van der Waals surface area (Å²) in [5.74, 6) is 0.139. The number of rotatable bonds is 7. The second-order valence-electron chi connectivity index (χ2n) is 6.90. The van der Waals surface area contributed by atoms with Crippen LogP contribution >= 0.6 is 11.6 Å². The van der Waals surface area contributed by atoms with Crippen LogP contribution in [0.4, 0.5) is 5.82 Å². The van der Waals surface area contributed by atoms with Crippen LogP contribution in [0.25, 0.3) is 22.5 Å². The number of esters is 1. The Kier molecular flexibility index (Phi) is 6.13. The molecule has 0 fully saturated rings. The van der Waals surface area contributed by atoms with E-state index < -0.39 is 5.97 Å². The summed E-state index contributed by atoms with van der Waals surface area (Å²) in [6.45, 7) is 3.80. The zero-order valence-corrected chi connectivity index (χ0v) is 18.2. The maximum atomic E-state index is 12.4. The third-order valence-corrected chi connectivity index (χ3v) is 4.83. The van der Waals surface area contributed by atoms with Gasteiger partial charge < -0.3 is 10.1 Å². The van der Waals surface area contributed by atoms with Crippen molar-refractivity contribution in [1.82, 2.24) is 29.5 Å². The van der Waals surface area contributed by atoms with Crippen LogP contribution in [0.5, 0.6) is 0 Å². The van der Waals surface area contributed by atoms with Crippen LogP contribution in [0.2, 0.25) is 5.02 Å². The van der Waals surface area contributed by atoms with E-state index in [-0.39, 0.29) is 25.4 Å². The zero-order valence-electron chi connectivity index (χ0n) is 17.4. The SMILES string of the molecule is CCOC(=O)CCC(=O)Nc1cc(C)nn1-c1ncnc2c1cnn2-c1ccc(Cl)cc1. The Morgan fingerprint density at radius 3 is 2.66 bits per heavy atom. The summed E-state index contributed by atoms with van der Waals surface area (Å²) in [5, 5.41) is 13.0. The molecule has 0 bridgehead atoms. The van der Waals surface area contributed by atoms with E-state index in [2.05, 4.69) is 25.5 Å². The normalized spacial score (nSPS) is 11.0. The molecule has 4 rings (SSSR count). The highest BCUT2D eigenvalue weighted by molar-refractivity contribution is 6.30. The van der Waals surface area contributed by atoms with E-state index in [1.54, 1.807) is 42.9 Å². The fourth-order valence-corrected chi connectivity index (χ4v) is 3.30. The predicted octanol–water partition coefficient (Wildman–Crippen LogP) is 3.24. The van der Waals surface area contributed by atoms with Gasteiger partial charge in [-0.3, -0.25) is 9.59 Å². The lowest BCUT2D eigenvalue weighted by atomic mass is 10.3. The topological polar surface area (TPSA) is 117 Å². The maximum absolute atomic E-state index is 12.4. The third kappa shape index (κ3) is 4.45. The minimum absolute atomic E-state index is 0.00158. The first-order chi connectivity index (χ1) is 15.5. The average Bonchev–Trinajstić information content (AvgIpc) is 3.36. The van der Waals surface area contributed by atoms with Gasteiger partial charge in [-0.05, 0) is 38.1 Å². The second-order valence-corrected chi connectivity index (χ2v) is 7.34. The lowest BCUT2D eigenvalue weighted by molar-refractivity contribution is -0.144. The quantitative estimate of drug-likeness (QED) is 0.427. The number of nitrogens with one attached hydrogen (secondary N) is 1. The lowest BCUT2D eigenvalue weighted by Crippen LogP contribution is -2.17. The summed E-state index contributed by atoms with van der Waals surface area (Å²) >= 11 is 5.99. The largest absolute Gasteiger partial charge is 0.466 e. The van der Waals surface area contributed by atoms with E-state index in [1.807, 2.05) is 12.1 Å². The molecule has 0 saturated carbocycles. The van der Waals surface area contributed by atoms with E-state index in [0.29, 0.717) is 33.4 Å². The minimum Gasteiger partial charge on any atom is -0.466 e. The summed E-state index contributed by atoms with van der Waals surface area (Å²) in [5.41, 5.74) is 2.05. The Bertz CT molecular complexity index is 1280. The number of anilines is 1. The van der Waals surface area contributed by atoms with Crippen molar-refractivity contribution in [2.75, 3.05) is 11.9 Å². The van der Waals surface area contributed by atoms with Crippen molar-refractivity contribution in [3.8, 4) is 11.5 Å². The van der Waals surface area contributed by atoms with Crippen LogP contribution in [0.1, 0.15) is 25.5 Å². The highest BCUT2D eigenvalue weighted by Gasteiger charge is 2.18. The number of halogens is 1. The smallest absolute Gasteiger partial charge is 0.306 e. The number of amides is 1. The number of nitrogens with zero attached hydrogens (tertiary/aromatic N) is 6. The van der Waals surface area contributed by atoms with Crippen molar-refractivity contribution in [3.63, 3.8) is 0 Å². The molecule has 4 aromatic rings. The van der Waals surface area contributed by atoms with Crippen molar-refractivity contribution < 1.29 is 14.3 Å². The summed E-state index contributed by atoms with van der Waals surface area (Å²) in [7, 11) is 0. The maximum Gasteiger partial charge on any atom is 0.306 e. The van der Waals surface area contributed by atoms with Gasteiger partial charge in [-0.15, -0.1) is 0 Å². The van der Waals surface area contributed by atoms with Crippen LogP contribution < -0.4 is 5.32 Å². The Hall–Kier alpha value is -3.79. The molecule has 0 aliphatic rings. The third-order valence-electron chi connectivity index (χ3n) is 4.58. The number of fused-ring (bicyclic) bond motifs is 1. The molecule has 32 heavy (non-hydrogen) atoms. The molecule has 164 valence electrons. The summed E-state index contributed by atoms with van der Waals surface area (Å²) < 4.78 is 8.06. The van der Waals surface area contributed by atoms with E-state index in [0.717, 1.165) is 5.69 Å². The number of carbonyl (C=O) groups is 2. The summed E-state index contributed by atoms with van der Waals surface area (Å²) in [4.78, 5) is 32.6. The Balaban J connectivity index is 1.64. The first-order valence-electron chi connectivity index (χ1n) is 9.93. The molecule has 1 N–H and O–H groups in total. The van der Waals surface area contributed by atoms with Crippen LogP contribution in [0.15, 0.2) is 42.9 Å². The van der Waals surface area contributed by atoms with Gasteiger partial charge in [0.25, 0.3) is 0 Å². The average molecular weight is 454 g/mol. The number of benzene rings is 1. The van der Waals surface area contributed by atoms with E-state index in [4.69, 9.17) is 16.3 Å². The number of hydrogen-bond acceptors (Lipinski definition) is 7. The first-order valence-corrected chi connectivity index (χ1v) is 10.3. The number of aryl methyl sites for hydroxylation is 1. The molecule has 0 saturated heterocycles. The van der Waals surface area contributed by atoms with Gasteiger partial charge in [-0.25, -0.2) is 14.6 Å². The molecule has 3 heterocycles. The van der Waals surface area contributed by atoms with E-state index in [9.17, 15) is 9.59 Å². The fraction of sp³-hybridized carbons (Fsp3) is 0.238. The predicted molar refractivity (Wildman–Crippen MR) is 118 cm³/mol. The molecule has 0 atom stereocenters. The highest BCUT2D eigenvalue weighted by Crippen LogP contribution is 2.24. The van der Waals surface area contributed by atoms with Gasteiger partial charge in [0, 0.05) is 17.5 Å². The van der Waals surface area contributed by atoms with Gasteiger partial charge in [0.05, 0.1) is 36.0 Å². The van der Waals surface area contributed by atoms with Crippen molar-refractivity contribution >= 4 is 40.3 Å². The molecule has 1 amide bonds. The van der Waals surface area contributed by atoms with Crippen LogP contribution in [0.3, 0.4) is 0 Å². The Labute approximate surface area is 188 Å². The monoisotopic (exact) mass is 453 g/mol. The minimum atomic E-state index is -0.417. The van der Waals surface area contributed by atoms with Gasteiger partial charge >= 0.3 is 5.97 Å². The molecule has 0 aliphatic carbocycles. The molecular weight excluding hydrogens is 434 g/mol. The lowest BCUT2D eigenvalue weighted by Gasteiger charge is -2.09. The van der Waals surface area contributed by atoms with Gasteiger partial charge in [0.1, 0.15) is 12.1 Å². The van der Waals surface area contributed by atoms with Crippen LogP contribution in [0, 0.1) is 6.92 Å². The van der Waals surface area contributed by atoms with Crippen molar-refractivity contribution in [1.29, 1.82) is 0 Å². The Morgan fingerprint density at radius 1 is 1.12 bits per heavy atom. The standard InChI is InChI=1S/C21H20ClN7O3/c1-3-32-19(31)9-8-18(30)26-17-10-13(2)27-29(17)21-16-11-25-28(20(16)23-12-24-21)15-6-4-14(22)5-7-15/h4-7,10-12H,3,8-9H2,1-2H3,(H,26,30). The van der Waals surface area contributed by atoms with Gasteiger partial charge in [-0.1, -0.05) is 11.6 Å². The molecule has 0 unspecified atom stereocenters. The fourth-order valence-electron chi connectivity index (χ4n) is 3.18. The number of aromatic nitrogens is 6. The molecule has 0 spiro atoms. The highest BCUT2D eigenvalue weighted by atomic mass is 35.5. The van der Waals surface area contributed by atoms with Crippen LogP contribution in [-0.4, -0.2) is 48.0 Å². The van der Waals surface area contributed by atoms with E-state index >= 15 is 0 Å². The molecule has 3 aromatic heterocycles. The number of carbonyl (C=O) groups excluding carboxylic acids is 2. The van der Waals surface area contributed by atoms with Crippen molar-refractivity contribution in [2.24, 2.45) is 0 Å². The van der Waals surface area contributed by atoms with Gasteiger partial charge in [0.15, 0.2) is 11.5 Å². The summed E-state index contributed by atoms with van der Waals surface area (Å²) in [6, 6.07) is 8.94. The number of hydrogen-bond donors (Lipinski definition) is 1. The molecule has 1 aromatic carbocycles. The molecule has 0 radical (unpaired) electrons. The van der Waals surface area contributed by atoms with Gasteiger partial charge in [0.2, 0.25) is 5.91 Å². The molecule has 0 aliphatic heterocycles. The zero-order chi connectivity index (χ0) is 22.7. The first kappa shape index (κ1) is 21.4. The second kappa shape index (κ2) is 9.15. The van der Waals surface area contributed by atoms with E-state index in [1.165, 1.54) is 11.0 Å². The summed E-state index contributed by atoms with van der Waals surface area (Å²) in [6.07, 6.45) is 3.05. The van der Waals surface area contributed by atoms with Crippen molar-refractivity contribution in [3.05, 3.63) is 53.6 Å². The van der Waals surface area contributed by atoms with Gasteiger partial charge in [-0.2, -0.15) is 14.9 Å². The van der Waals surface area contributed by atoms with Crippen LogP contribution in [-0.2, 0) is 14.3 Å². The van der Waals surface area contributed by atoms with Crippen molar-refractivity contribution in [2.45, 2.75) is 26.7 Å².